The van der Waals surface area contributed by atoms with Crippen molar-refractivity contribution in [2.75, 3.05) is 26.9 Å². The zero-order valence-electron chi connectivity index (χ0n) is 9.41. The summed E-state index contributed by atoms with van der Waals surface area (Å²) in [6.07, 6.45) is 4.21. The Morgan fingerprint density at radius 3 is 2.93 bits per heavy atom. The van der Waals surface area contributed by atoms with E-state index in [1.165, 1.54) is 6.08 Å². The Morgan fingerprint density at radius 1 is 1.47 bits per heavy atom. The molecule has 0 aliphatic carbocycles. The van der Waals surface area contributed by atoms with E-state index in [-0.39, 0.29) is 5.91 Å². The molecule has 0 atom stereocenters. The van der Waals surface area contributed by atoms with Crippen LogP contribution in [0.4, 0.5) is 0 Å². The molecule has 1 amide bonds. The smallest absolute Gasteiger partial charge is 0.243 e. The molecule has 0 saturated carbocycles. The van der Waals surface area contributed by atoms with Crippen molar-refractivity contribution in [2.24, 2.45) is 0 Å². The highest BCUT2D eigenvalue weighted by molar-refractivity contribution is 6.26. The molecule has 5 heteroatoms. The Hall–Kier alpha value is -0.653. The number of hydrogen-bond donors (Lipinski definition) is 1. The molecule has 0 aliphatic rings. The normalized spacial score (nSPS) is 10.8. The number of nitrogens with one attached hydrogen (secondary N) is 1. The number of allylic oxidation sites excluding steroid dienone is 1. The summed E-state index contributed by atoms with van der Waals surface area (Å²) < 4.78 is 10.1. The maximum Gasteiger partial charge on any atom is 0.243 e. The van der Waals surface area contributed by atoms with Gasteiger partial charge in [0.2, 0.25) is 15.7 Å². The lowest BCUT2D eigenvalue weighted by Gasteiger charge is -2.02. The lowest BCUT2D eigenvalue weighted by molar-refractivity contribution is -0.116. The van der Waals surface area contributed by atoms with Crippen molar-refractivity contribution in [3.63, 3.8) is 0 Å². The molecule has 0 aromatic carbocycles. The Balaban J connectivity index is 3.08. The maximum atomic E-state index is 11.0. The van der Waals surface area contributed by atoms with Crippen LogP contribution in [0.3, 0.4) is 0 Å². The molecular weight excluding hydrogens is 210 g/mol. The van der Waals surface area contributed by atoms with Crippen LogP contribution in [0.5, 0.6) is 0 Å². The molecule has 0 aromatic heterocycles. The topological polar surface area (TPSA) is 47.6 Å². The van der Waals surface area contributed by atoms with Crippen molar-refractivity contribution in [2.45, 2.75) is 19.4 Å². The molecule has 2 radical (unpaired) electrons. The Kier molecular flexibility index (Phi) is 10.9. The molecule has 0 unspecified atom stereocenters. The van der Waals surface area contributed by atoms with Crippen LogP contribution < -0.4 is 5.32 Å². The minimum atomic E-state index is -0.0267. The molecule has 4 nitrogen and oxygen atoms in total. The van der Waals surface area contributed by atoms with Gasteiger partial charge in [-0.05, 0) is 25.5 Å². The highest BCUT2D eigenvalue weighted by Gasteiger charge is 1.95. The quantitative estimate of drug-likeness (QED) is 0.361. The molecule has 0 rings (SSSR count). The molecule has 0 bridgehead atoms. The fourth-order valence-electron chi connectivity index (χ4n) is 0.852. The van der Waals surface area contributed by atoms with E-state index in [0.717, 1.165) is 12.5 Å². The van der Waals surface area contributed by atoms with E-state index in [2.05, 4.69) is 5.32 Å². The van der Waals surface area contributed by atoms with Gasteiger partial charge in [-0.25, -0.2) is 0 Å². The Labute approximate surface area is 94.0 Å². The molecule has 0 heterocycles. The third-order valence-electron chi connectivity index (χ3n) is 1.56. The standard InChI is InChI=1S/C10H19NO3Si/c1-3-5-10(12)11-6-4-9-15-14-8-7-13-2/h3,5H,4,6-9H2,1-2H3,(H,11,12). The molecule has 86 valence electrons. The number of amides is 1. The first-order valence-corrected chi connectivity index (χ1v) is 6.17. The minimum Gasteiger partial charge on any atom is -0.415 e. The minimum absolute atomic E-state index is 0.0267. The van der Waals surface area contributed by atoms with E-state index < -0.39 is 0 Å². The van der Waals surface area contributed by atoms with Crippen LogP contribution in [-0.4, -0.2) is 42.5 Å². The molecule has 0 aromatic rings. The summed E-state index contributed by atoms with van der Waals surface area (Å²) in [5, 5.41) is 2.78. The molecule has 0 saturated heterocycles. The Morgan fingerprint density at radius 2 is 2.27 bits per heavy atom. The monoisotopic (exact) mass is 229 g/mol. The van der Waals surface area contributed by atoms with Gasteiger partial charge in [0, 0.05) is 13.7 Å². The van der Waals surface area contributed by atoms with E-state index in [1.54, 1.807) is 13.2 Å². The summed E-state index contributed by atoms with van der Waals surface area (Å²) >= 11 is 0. The largest absolute Gasteiger partial charge is 0.415 e. The van der Waals surface area contributed by atoms with Crippen LogP contribution in [0.1, 0.15) is 13.3 Å². The second-order valence-corrected chi connectivity index (χ2v) is 3.96. The van der Waals surface area contributed by atoms with Crippen LogP contribution >= 0.6 is 0 Å². The van der Waals surface area contributed by atoms with E-state index in [9.17, 15) is 4.79 Å². The number of carbonyl (C=O) groups is 1. The van der Waals surface area contributed by atoms with Gasteiger partial charge in [0.05, 0.1) is 13.2 Å². The first-order valence-electron chi connectivity index (χ1n) is 5.05. The van der Waals surface area contributed by atoms with Gasteiger partial charge in [0.1, 0.15) is 0 Å². The van der Waals surface area contributed by atoms with E-state index in [0.29, 0.717) is 29.5 Å². The zero-order valence-corrected chi connectivity index (χ0v) is 10.4. The molecule has 0 aliphatic heterocycles. The van der Waals surface area contributed by atoms with E-state index in [4.69, 9.17) is 9.16 Å². The summed E-state index contributed by atoms with van der Waals surface area (Å²) in [5.74, 6) is -0.0267. The van der Waals surface area contributed by atoms with Gasteiger partial charge in [-0.15, -0.1) is 0 Å². The predicted octanol–water partition coefficient (Wildman–Crippen LogP) is 0.769. The maximum absolute atomic E-state index is 11.0. The lowest BCUT2D eigenvalue weighted by Crippen LogP contribution is -2.22. The van der Waals surface area contributed by atoms with E-state index in [1.807, 2.05) is 6.92 Å². The summed E-state index contributed by atoms with van der Waals surface area (Å²) in [7, 11) is 2.15. The highest BCUT2D eigenvalue weighted by Crippen LogP contribution is 1.88. The number of hydrogen-bond acceptors (Lipinski definition) is 3. The third kappa shape index (κ3) is 11.3. The number of carbonyl (C=O) groups excluding carboxylic acids is 1. The van der Waals surface area contributed by atoms with Crippen molar-refractivity contribution < 1.29 is 14.0 Å². The second-order valence-electron chi connectivity index (χ2n) is 2.88. The molecular formula is C10H19NO3Si. The molecule has 0 fully saturated rings. The van der Waals surface area contributed by atoms with Crippen LogP contribution in [0.25, 0.3) is 0 Å². The van der Waals surface area contributed by atoms with Crippen molar-refractivity contribution in [3.05, 3.63) is 12.2 Å². The van der Waals surface area contributed by atoms with Gasteiger partial charge >= 0.3 is 0 Å². The van der Waals surface area contributed by atoms with Crippen LogP contribution in [0.2, 0.25) is 6.04 Å². The van der Waals surface area contributed by atoms with Crippen molar-refractivity contribution in [3.8, 4) is 0 Å². The van der Waals surface area contributed by atoms with Gasteiger partial charge in [-0.1, -0.05) is 6.08 Å². The van der Waals surface area contributed by atoms with E-state index >= 15 is 0 Å². The number of ether oxygens (including phenoxy) is 1. The predicted molar refractivity (Wildman–Crippen MR) is 60.8 cm³/mol. The fraction of sp³-hybridized carbons (Fsp3) is 0.700. The molecule has 15 heavy (non-hydrogen) atoms. The second kappa shape index (κ2) is 11.4. The van der Waals surface area contributed by atoms with Gasteiger partial charge < -0.3 is 14.5 Å². The summed E-state index contributed by atoms with van der Waals surface area (Å²) in [4.78, 5) is 11.0. The number of rotatable bonds is 9. The van der Waals surface area contributed by atoms with Gasteiger partial charge in [0.25, 0.3) is 0 Å². The first-order chi connectivity index (χ1) is 7.31. The van der Waals surface area contributed by atoms with Crippen LogP contribution in [-0.2, 0) is 14.0 Å². The van der Waals surface area contributed by atoms with Crippen molar-refractivity contribution >= 4 is 15.7 Å². The Bertz CT molecular complexity index is 186. The average Bonchev–Trinajstić information content (AvgIpc) is 2.22. The van der Waals surface area contributed by atoms with Gasteiger partial charge in [-0.2, -0.15) is 0 Å². The third-order valence-corrected chi connectivity index (χ3v) is 2.53. The van der Waals surface area contributed by atoms with Crippen molar-refractivity contribution in [1.29, 1.82) is 0 Å². The van der Waals surface area contributed by atoms with Gasteiger partial charge in [0.15, 0.2) is 0 Å². The SMILES string of the molecule is CC=CC(=O)NCCC[Si]OCCOC. The summed E-state index contributed by atoms with van der Waals surface area (Å²) in [6.45, 7) is 3.83. The van der Waals surface area contributed by atoms with Gasteiger partial charge in [-0.3, -0.25) is 4.79 Å². The van der Waals surface area contributed by atoms with Crippen LogP contribution in [0.15, 0.2) is 12.2 Å². The summed E-state index contributed by atoms with van der Waals surface area (Å²) in [5.41, 5.74) is 0. The van der Waals surface area contributed by atoms with Crippen molar-refractivity contribution in [1.82, 2.24) is 5.32 Å². The fourth-order valence-corrected chi connectivity index (χ4v) is 1.54. The molecule has 1 N–H and O–H groups in total. The van der Waals surface area contributed by atoms with Crippen LogP contribution in [0, 0.1) is 0 Å². The first kappa shape index (κ1) is 14.3. The summed E-state index contributed by atoms with van der Waals surface area (Å²) in [6, 6.07) is 0.986. The number of methoxy groups -OCH3 is 1. The lowest BCUT2D eigenvalue weighted by atomic mass is 10.4. The molecule has 0 spiro atoms. The highest BCUT2D eigenvalue weighted by atomic mass is 28.2. The zero-order chi connectivity index (χ0) is 11.4. The average molecular weight is 229 g/mol.